The lowest BCUT2D eigenvalue weighted by molar-refractivity contribution is 0.112. The molecule has 0 saturated carbocycles. The Kier molecular flexibility index (Phi) is 4.81. The van der Waals surface area contributed by atoms with E-state index in [4.69, 9.17) is 11.6 Å². The van der Waals surface area contributed by atoms with E-state index in [9.17, 15) is 4.79 Å². The molecule has 0 fully saturated rings. The van der Waals surface area contributed by atoms with Crippen molar-refractivity contribution in [1.29, 1.82) is 0 Å². The van der Waals surface area contributed by atoms with Gasteiger partial charge in [0.2, 0.25) is 0 Å². The first kappa shape index (κ1) is 13.0. The van der Waals surface area contributed by atoms with Gasteiger partial charge in [-0.3, -0.25) is 4.79 Å². The van der Waals surface area contributed by atoms with Crippen molar-refractivity contribution in [2.75, 3.05) is 18.0 Å². The highest BCUT2D eigenvalue weighted by molar-refractivity contribution is 6.33. The zero-order valence-electron chi connectivity index (χ0n) is 10.0. The van der Waals surface area contributed by atoms with Gasteiger partial charge in [-0.05, 0) is 31.0 Å². The van der Waals surface area contributed by atoms with Crippen molar-refractivity contribution >= 4 is 23.6 Å². The molecule has 0 amide bonds. The number of aldehydes is 1. The molecule has 0 heterocycles. The van der Waals surface area contributed by atoms with Crippen LogP contribution in [0.15, 0.2) is 18.2 Å². The van der Waals surface area contributed by atoms with Gasteiger partial charge in [0.25, 0.3) is 0 Å². The first-order valence-corrected chi connectivity index (χ1v) is 5.96. The highest BCUT2D eigenvalue weighted by atomic mass is 35.5. The van der Waals surface area contributed by atoms with Gasteiger partial charge in [0.1, 0.15) is 6.29 Å². The lowest BCUT2D eigenvalue weighted by Crippen LogP contribution is -2.27. The fourth-order valence-electron chi connectivity index (χ4n) is 1.69. The van der Waals surface area contributed by atoms with E-state index in [1.165, 1.54) is 0 Å². The Labute approximate surface area is 102 Å². The predicted molar refractivity (Wildman–Crippen MR) is 69.6 cm³/mol. The van der Waals surface area contributed by atoms with E-state index >= 15 is 0 Å². The third-order valence-corrected chi connectivity index (χ3v) is 2.72. The predicted octanol–water partition coefficient (Wildman–Crippen LogP) is 3.63. The number of anilines is 1. The summed E-state index contributed by atoms with van der Waals surface area (Å²) in [5, 5.41) is 0.645. The normalized spacial score (nSPS) is 10.6. The molecule has 0 atom stereocenters. The Morgan fingerprint density at radius 1 is 1.44 bits per heavy atom. The monoisotopic (exact) mass is 239 g/mol. The SMILES string of the molecule is CCN(CC(C)C)c1ccc(C=O)cc1Cl. The summed E-state index contributed by atoms with van der Waals surface area (Å²) in [5.41, 5.74) is 1.62. The van der Waals surface area contributed by atoms with Gasteiger partial charge < -0.3 is 4.90 Å². The van der Waals surface area contributed by atoms with Crippen molar-refractivity contribution in [1.82, 2.24) is 0 Å². The summed E-state index contributed by atoms with van der Waals surface area (Å²) in [5.74, 6) is 0.585. The standard InChI is InChI=1S/C13H18ClNO/c1-4-15(8-10(2)3)13-6-5-11(9-16)7-12(13)14/h5-7,9-10H,4,8H2,1-3H3. The zero-order chi connectivity index (χ0) is 12.1. The van der Waals surface area contributed by atoms with E-state index < -0.39 is 0 Å². The molecule has 0 saturated heterocycles. The summed E-state index contributed by atoms with van der Waals surface area (Å²) in [6.45, 7) is 8.34. The van der Waals surface area contributed by atoms with Crippen molar-refractivity contribution in [3.63, 3.8) is 0 Å². The molecule has 0 N–H and O–H groups in total. The molecule has 1 aromatic carbocycles. The minimum absolute atomic E-state index is 0.585. The van der Waals surface area contributed by atoms with Gasteiger partial charge in [-0.2, -0.15) is 0 Å². The first-order valence-electron chi connectivity index (χ1n) is 5.58. The second-order valence-electron chi connectivity index (χ2n) is 4.26. The van der Waals surface area contributed by atoms with Gasteiger partial charge >= 0.3 is 0 Å². The molecule has 16 heavy (non-hydrogen) atoms. The molecule has 0 aliphatic rings. The van der Waals surface area contributed by atoms with E-state index in [-0.39, 0.29) is 0 Å². The van der Waals surface area contributed by atoms with Crippen LogP contribution in [0.4, 0.5) is 5.69 Å². The average molecular weight is 240 g/mol. The molecule has 3 heteroatoms. The summed E-state index contributed by atoms with van der Waals surface area (Å²) in [6.07, 6.45) is 0.814. The average Bonchev–Trinajstić information content (AvgIpc) is 2.25. The van der Waals surface area contributed by atoms with Gasteiger partial charge in [0.05, 0.1) is 10.7 Å². The Balaban J connectivity index is 2.96. The summed E-state index contributed by atoms with van der Waals surface area (Å²) < 4.78 is 0. The number of carbonyl (C=O) groups excluding carboxylic acids is 1. The van der Waals surface area contributed by atoms with Crippen LogP contribution in [0.1, 0.15) is 31.1 Å². The van der Waals surface area contributed by atoms with Gasteiger partial charge in [-0.1, -0.05) is 25.4 Å². The van der Waals surface area contributed by atoms with Crippen LogP contribution in [-0.4, -0.2) is 19.4 Å². The number of halogens is 1. The highest BCUT2D eigenvalue weighted by Gasteiger charge is 2.10. The topological polar surface area (TPSA) is 20.3 Å². The molecule has 0 bridgehead atoms. The van der Waals surface area contributed by atoms with E-state index in [2.05, 4.69) is 25.7 Å². The molecule has 2 nitrogen and oxygen atoms in total. The van der Waals surface area contributed by atoms with Crippen LogP contribution in [0.5, 0.6) is 0 Å². The van der Waals surface area contributed by atoms with Gasteiger partial charge in [0.15, 0.2) is 0 Å². The third kappa shape index (κ3) is 3.24. The van der Waals surface area contributed by atoms with Crippen LogP contribution in [0, 0.1) is 5.92 Å². The van der Waals surface area contributed by atoms with Crippen LogP contribution in [0.25, 0.3) is 0 Å². The quantitative estimate of drug-likeness (QED) is 0.732. The van der Waals surface area contributed by atoms with E-state index in [0.29, 0.717) is 16.5 Å². The van der Waals surface area contributed by atoms with Gasteiger partial charge in [0, 0.05) is 18.7 Å². The van der Waals surface area contributed by atoms with Crippen molar-refractivity contribution in [3.05, 3.63) is 28.8 Å². The van der Waals surface area contributed by atoms with Crippen molar-refractivity contribution < 1.29 is 4.79 Å². The van der Waals surface area contributed by atoms with Crippen LogP contribution >= 0.6 is 11.6 Å². The Morgan fingerprint density at radius 2 is 2.12 bits per heavy atom. The second-order valence-corrected chi connectivity index (χ2v) is 4.67. The maximum absolute atomic E-state index is 10.6. The lowest BCUT2D eigenvalue weighted by atomic mass is 10.1. The number of benzene rings is 1. The zero-order valence-corrected chi connectivity index (χ0v) is 10.8. The Bertz CT molecular complexity index is 363. The summed E-state index contributed by atoms with van der Waals surface area (Å²) in [4.78, 5) is 12.8. The number of carbonyl (C=O) groups is 1. The Morgan fingerprint density at radius 3 is 2.56 bits per heavy atom. The number of rotatable bonds is 5. The van der Waals surface area contributed by atoms with Crippen molar-refractivity contribution in [2.45, 2.75) is 20.8 Å². The molecule has 1 aromatic rings. The molecule has 1 rings (SSSR count). The molecule has 0 unspecified atom stereocenters. The third-order valence-electron chi connectivity index (χ3n) is 2.42. The van der Waals surface area contributed by atoms with Crippen LogP contribution < -0.4 is 4.90 Å². The maximum Gasteiger partial charge on any atom is 0.150 e. The molecule has 0 aliphatic heterocycles. The second kappa shape index (κ2) is 5.90. The van der Waals surface area contributed by atoms with Crippen LogP contribution in [0.2, 0.25) is 5.02 Å². The number of hydrogen-bond acceptors (Lipinski definition) is 2. The van der Waals surface area contributed by atoms with E-state index in [0.717, 1.165) is 25.1 Å². The van der Waals surface area contributed by atoms with Gasteiger partial charge in [-0.15, -0.1) is 0 Å². The number of nitrogens with zero attached hydrogens (tertiary/aromatic N) is 1. The molecular formula is C13H18ClNO. The minimum atomic E-state index is 0.585. The maximum atomic E-state index is 10.6. The minimum Gasteiger partial charge on any atom is -0.370 e. The highest BCUT2D eigenvalue weighted by Crippen LogP contribution is 2.27. The van der Waals surface area contributed by atoms with E-state index in [1.54, 1.807) is 12.1 Å². The van der Waals surface area contributed by atoms with E-state index in [1.807, 2.05) is 6.07 Å². The molecular weight excluding hydrogens is 222 g/mol. The molecule has 0 spiro atoms. The summed E-state index contributed by atoms with van der Waals surface area (Å²) in [7, 11) is 0. The lowest BCUT2D eigenvalue weighted by Gasteiger charge is -2.26. The summed E-state index contributed by atoms with van der Waals surface area (Å²) >= 11 is 6.16. The van der Waals surface area contributed by atoms with Crippen molar-refractivity contribution in [2.24, 2.45) is 5.92 Å². The van der Waals surface area contributed by atoms with Crippen LogP contribution in [0.3, 0.4) is 0 Å². The number of hydrogen-bond donors (Lipinski definition) is 0. The van der Waals surface area contributed by atoms with Crippen molar-refractivity contribution in [3.8, 4) is 0 Å². The Hall–Kier alpha value is -1.02. The smallest absolute Gasteiger partial charge is 0.150 e. The fraction of sp³-hybridized carbons (Fsp3) is 0.462. The molecule has 0 aromatic heterocycles. The van der Waals surface area contributed by atoms with Crippen LogP contribution in [-0.2, 0) is 0 Å². The molecule has 0 aliphatic carbocycles. The fourth-order valence-corrected chi connectivity index (χ4v) is 2.00. The molecule has 0 radical (unpaired) electrons. The summed E-state index contributed by atoms with van der Waals surface area (Å²) in [6, 6.07) is 5.43. The first-order chi connectivity index (χ1) is 7.58. The molecule has 88 valence electrons. The largest absolute Gasteiger partial charge is 0.370 e. The van der Waals surface area contributed by atoms with Gasteiger partial charge in [-0.25, -0.2) is 0 Å².